The molecule has 0 radical (unpaired) electrons. The van der Waals surface area contributed by atoms with E-state index in [1.165, 1.54) is 6.07 Å². The van der Waals surface area contributed by atoms with Gasteiger partial charge in [-0.25, -0.2) is 0 Å². The van der Waals surface area contributed by atoms with Crippen molar-refractivity contribution in [1.29, 1.82) is 0 Å². The van der Waals surface area contributed by atoms with Crippen LogP contribution in [-0.2, 0) is 6.54 Å². The van der Waals surface area contributed by atoms with E-state index in [9.17, 15) is 8.78 Å². The first-order valence-electron chi connectivity index (χ1n) is 7.94. The highest BCUT2D eigenvalue weighted by molar-refractivity contribution is 14.0. The molecule has 0 saturated heterocycles. The summed E-state index contributed by atoms with van der Waals surface area (Å²) >= 11 is 1.82. The Morgan fingerprint density at radius 3 is 2.65 bits per heavy atom. The molecule has 0 atom stereocenters. The molecule has 0 bridgehead atoms. The highest BCUT2D eigenvalue weighted by Crippen LogP contribution is 2.38. The number of benzene rings is 1. The zero-order valence-corrected chi connectivity index (χ0v) is 17.9. The summed E-state index contributed by atoms with van der Waals surface area (Å²) in [7, 11) is 1.66. The van der Waals surface area contributed by atoms with Crippen molar-refractivity contribution in [3.05, 3.63) is 17.7 Å². The van der Waals surface area contributed by atoms with E-state index < -0.39 is 6.61 Å². The maximum absolute atomic E-state index is 12.6. The molecule has 6 nitrogen and oxygen atoms in total. The number of nitrogens with one attached hydrogen (secondary N) is 2. The molecule has 0 aromatic heterocycles. The van der Waals surface area contributed by atoms with Crippen LogP contribution in [-0.4, -0.2) is 45.0 Å². The third-order valence-corrected chi connectivity index (χ3v) is 4.21. The van der Waals surface area contributed by atoms with Gasteiger partial charge in [-0.1, -0.05) is 0 Å². The summed E-state index contributed by atoms with van der Waals surface area (Å²) in [5.41, 5.74) is 0.537. The lowest BCUT2D eigenvalue weighted by Crippen LogP contribution is -2.37. The lowest BCUT2D eigenvalue weighted by molar-refractivity contribution is -0.0505. The zero-order chi connectivity index (χ0) is 18.1. The van der Waals surface area contributed by atoms with E-state index in [1.807, 2.05) is 11.8 Å². The van der Waals surface area contributed by atoms with Gasteiger partial charge in [0.15, 0.2) is 17.5 Å². The Morgan fingerprint density at radius 1 is 1.27 bits per heavy atom. The van der Waals surface area contributed by atoms with Gasteiger partial charge in [0.1, 0.15) is 5.75 Å². The summed E-state index contributed by atoms with van der Waals surface area (Å²) in [5.74, 6) is 2.69. The number of fused-ring (bicyclic) bond motifs is 1. The summed E-state index contributed by atoms with van der Waals surface area (Å²) < 4.78 is 40.4. The molecule has 10 heteroatoms. The van der Waals surface area contributed by atoms with Crippen LogP contribution in [0.25, 0.3) is 0 Å². The SMILES string of the molecule is CN=C(NCCCCSC)NCc1cc2c(cc1OC(F)F)OCO2.I. The van der Waals surface area contributed by atoms with E-state index in [2.05, 4.69) is 26.6 Å². The molecule has 0 fully saturated rings. The molecule has 0 aliphatic carbocycles. The maximum Gasteiger partial charge on any atom is 0.387 e. The molecule has 1 aliphatic rings. The molecule has 148 valence electrons. The van der Waals surface area contributed by atoms with Gasteiger partial charge in [0.05, 0.1) is 0 Å². The van der Waals surface area contributed by atoms with Crippen molar-refractivity contribution in [3.8, 4) is 17.2 Å². The smallest absolute Gasteiger partial charge is 0.387 e. The van der Waals surface area contributed by atoms with Crippen molar-refractivity contribution in [2.24, 2.45) is 4.99 Å². The molecule has 0 unspecified atom stereocenters. The fourth-order valence-electron chi connectivity index (χ4n) is 2.29. The van der Waals surface area contributed by atoms with Crippen LogP contribution in [0.4, 0.5) is 8.78 Å². The van der Waals surface area contributed by atoms with Crippen LogP contribution in [0, 0.1) is 0 Å². The van der Waals surface area contributed by atoms with Crippen molar-refractivity contribution in [3.63, 3.8) is 0 Å². The lowest BCUT2D eigenvalue weighted by atomic mass is 10.1. The highest BCUT2D eigenvalue weighted by Gasteiger charge is 2.20. The number of hydrogen-bond acceptors (Lipinski definition) is 5. The van der Waals surface area contributed by atoms with E-state index in [-0.39, 0.29) is 43.1 Å². The molecule has 1 heterocycles. The molecule has 2 rings (SSSR count). The maximum atomic E-state index is 12.6. The Labute approximate surface area is 173 Å². The van der Waals surface area contributed by atoms with Crippen LogP contribution in [0.1, 0.15) is 18.4 Å². The molecule has 1 aromatic rings. The second-order valence-electron chi connectivity index (χ2n) is 5.24. The third-order valence-electron chi connectivity index (χ3n) is 3.51. The predicted molar refractivity (Wildman–Crippen MR) is 110 cm³/mol. The number of rotatable bonds is 9. The minimum atomic E-state index is -2.91. The van der Waals surface area contributed by atoms with Gasteiger partial charge in [-0.2, -0.15) is 20.5 Å². The third kappa shape index (κ3) is 7.22. The fraction of sp³-hybridized carbons (Fsp3) is 0.562. The second-order valence-corrected chi connectivity index (χ2v) is 6.23. The van der Waals surface area contributed by atoms with Crippen LogP contribution in [0.15, 0.2) is 17.1 Å². The van der Waals surface area contributed by atoms with Gasteiger partial charge in [0, 0.05) is 31.8 Å². The van der Waals surface area contributed by atoms with Crippen molar-refractivity contribution in [1.82, 2.24) is 10.6 Å². The van der Waals surface area contributed by atoms with Gasteiger partial charge in [-0.3, -0.25) is 4.99 Å². The average Bonchev–Trinajstić information content (AvgIpc) is 3.04. The summed E-state index contributed by atoms with van der Waals surface area (Å²) in [6.07, 6.45) is 4.24. The predicted octanol–water partition coefficient (Wildman–Crippen LogP) is 3.44. The Bertz CT molecular complexity index is 594. The Kier molecular flexibility index (Phi) is 10.8. The number of unbranched alkanes of at least 4 members (excludes halogenated alkanes) is 1. The Morgan fingerprint density at radius 2 is 2.00 bits per heavy atom. The lowest BCUT2D eigenvalue weighted by Gasteiger charge is -2.15. The van der Waals surface area contributed by atoms with Crippen LogP contribution >= 0.6 is 35.7 Å². The summed E-state index contributed by atoms with van der Waals surface area (Å²) in [4.78, 5) is 4.13. The van der Waals surface area contributed by atoms with Gasteiger partial charge < -0.3 is 24.8 Å². The number of aliphatic imine (C=N–C) groups is 1. The van der Waals surface area contributed by atoms with Crippen LogP contribution in [0.3, 0.4) is 0 Å². The molecule has 1 aromatic carbocycles. The molecular formula is C16H24F2IN3O3S. The molecular weight excluding hydrogens is 479 g/mol. The van der Waals surface area contributed by atoms with Gasteiger partial charge in [-0.05, 0) is 30.9 Å². The van der Waals surface area contributed by atoms with Crippen molar-refractivity contribution in [2.75, 3.05) is 32.4 Å². The molecule has 0 amide bonds. The molecule has 0 spiro atoms. The number of alkyl halides is 2. The second kappa shape index (κ2) is 12.3. The number of ether oxygens (including phenoxy) is 3. The van der Waals surface area contributed by atoms with Crippen LogP contribution in [0.2, 0.25) is 0 Å². The molecule has 1 aliphatic heterocycles. The number of guanidine groups is 1. The molecule has 0 saturated carbocycles. The summed E-state index contributed by atoms with van der Waals surface area (Å²) in [5, 5.41) is 6.29. The number of nitrogens with zero attached hydrogens (tertiary/aromatic N) is 1. The minimum Gasteiger partial charge on any atom is -0.454 e. The average molecular weight is 503 g/mol. The topological polar surface area (TPSA) is 64.1 Å². The van der Waals surface area contributed by atoms with E-state index in [0.717, 1.165) is 25.1 Å². The van der Waals surface area contributed by atoms with E-state index in [4.69, 9.17) is 9.47 Å². The largest absolute Gasteiger partial charge is 0.454 e. The highest BCUT2D eigenvalue weighted by atomic mass is 127. The van der Waals surface area contributed by atoms with Crippen LogP contribution in [0.5, 0.6) is 17.2 Å². The number of thioether (sulfide) groups is 1. The van der Waals surface area contributed by atoms with E-state index in [1.54, 1.807) is 13.1 Å². The van der Waals surface area contributed by atoms with Gasteiger partial charge in [-0.15, -0.1) is 24.0 Å². The quantitative estimate of drug-likeness (QED) is 0.233. The number of halogens is 3. The Hall–Kier alpha value is -1.17. The van der Waals surface area contributed by atoms with Gasteiger partial charge in [0.25, 0.3) is 0 Å². The fourth-order valence-corrected chi connectivity index (χ4v) is 2.78. The normalized spacial score (nSPS) is 12.7. The van der Waals surface area contributed by atoms with Crippen molar-refractivity contribution >= 4 is 41.7 Å². The van der Waals surface area contributed by atoms with Crippen LogP contribution < -0.4 is 24.8 Å². The first-order chi connectivity index (χ1) is 12.1. The molecule has 2 N–H and O–H groups in total. The minimum absolute atomic E-state index is 0. The molecule has 26 heavy (non-hydrogen) atoms. The zero-order valence-electron chi connectivity index (χ0n) is 14.7. The van der Waals surface area contributed by atoms with E-state index in [0.29, 0.717) is 23.0 Å². The first-order valence-corrected chi connectivity index (χ1v) is 9.34. The van der Waals surface area contributed by atoms with Gasteiger partial charge >= 0.3 is 6.61 Å². The first kappa shape index (κ1) is 22.9. The van der Waals surface area contributed by atoms with Crippen molar-refractivity contribution < 1.29 is 23.0 Å². The number of hydrogen-bond donors (Lipinski definition) is 2. The monoisotopic (exact) mass is 503 g/mol. The van der Waals surface area contributed by atoms with Gasteiger partial charge in [0.2, 0.25) is 6.79 Å². The van der Waals surface area contributed by atoms with Crippen molar-refractivity contribution in [2.45, 2.75) is 26.0 Å². The van der Waals surface area contributed by atoms with E-state index >= 15 is 0 Å². The summed E-state index contributed by atoms with van der Waals surface area (Å²) in [6.45, 7) is -1.78. The summed E-state index contributed by atoms with van der Waals surface area (Å²) in [6, 6.07) is 3.06. The standard InChI is InChI=1S/C16H23F2N3O3S.HI/c1-19-16(20-5-3-4-6-25-2)21-9-11-7-13-14(23-10-22-13)8-12(11)24-15(17)18;/h7-8,15H,3-6,9-10H2,1-2H3,(H2,19,20,21);1H. The Balaban J connectivity index is 0.00000338.